The zero-order valence-electron chi connectivity index (χ0n) is 9.87. The van der Waals surface area contributed by atoms with Crippen molar-refractivity contribution in [2.75, 3.05) is 19.8 Å². The van der Waals surface area contributed by atoms with Gasteiger partial charge in [0.05, 0.1) is 17.7 Å². The first kappa shape index (κ1) is 13.4. The molecule has 0 aliphatic rings. The highest BCUT2D eigenvalue weighted by molar-refractivity contribution is 6.31. The number of halogens is 1. The van der Waals surface area contributed by atoms with Crippen LogP contribution < -0.4 is 5.32 Å². The van der Waals surface area contributed by atoms with E-state index in [-0.39, 0.29) is 6.04 Å². The third kappa shape index (κ3) is 4.08. The fraction of sp³-hybridized carbons (Fsp3) is 0.583. The second-order valence-electron chi connectivity index (χ2n) is 3.58. The summed E-state index contributed by atoms with van der Waals surface area (Å²) in [5, 5.41) is 4.05. The third-order valence-corrected chi connectivity index (χ3v) is 2.58. The van der Waals surface area contributed by atoms with E-state index in [0.29, 0.717) is 11.6 Å². The lowest BCUT2D eigenvalue weighted by Gasteiger charge is -2.19. The predicted molar refractivity (Wildman–Crippen MR) is 66.8 cm³/mol. The Morgan fingerprint density at radius 1 is 1.50 bits per heavy atom. The van der Waals surface area contributed by atoms with Gasteiger partial charge in [-0.25, -0.2) is 0 Å². The van der Waals surface area contributed by atoms with E-state index in [0.717, 1.165) is 25.1 Å². The Labute approximate surface area is 102 Å². The number of hydrogen-bond donors (Lipinski definition) is 1. The van der Waals surface area contributed by atoms with Gasteiger partial charge in [-0.3, -0.25) is 4.98 Å². The zero-order chi connectivity index (χ0) is 11.8. The summed E-state index contributed by atoms with van der Waals surface area (Å²) >= 11 is 6.11. The molecule has 0 fully saturated rings. The van der Waals surface area contributed by atoms with Crippen molar-refractivity contribution in [2.45, 2.75) is 26.3 Å². The van der Waals surface area contributed by atoms with E-state index in [1.807, 2.05) is 6.07 Å². The maximum atomic E-state index is 6.11. The van der Waals surface area contributed by atoms with Gasteiger partial charge in [0.2, 0.25) is 0 Å². The molecule has 0 bridgehead atoms. The standard InChI is InChI=1S/C12H19ClN2O/c1-3-7-16-9-12(15-4-2)10-5-6-14-8-11(10)13/h5-6,8,12,15H,3-4,7,9H2,1-2H3. The molecule has 0 aliphatic carbocycles. The van der Waals surface area contributed by atoms with Crippen LogP contribution in [0.5, 0.6) is 0 Å². The molecule has 1 atom stereocenters. The van der Waals surface area contributed by atoms with Gasteiger partial charge >= 0.3 is 0 Å². The molecule has 1 rings (SSSR count). The highest BCUT2D eigenvalue weighted by Crippen LogP contribution is 2.21. The quantitative estimate of drug-likeness (QED) is 0.747. The van der Waals surface area contributed by atoms with E-state index >= 15 is 0 Å². The second kappa shape index (κ2) is 7.60. The van der Waals surface area contributed by atoms with Gasteiger partial charge in [-0.15, -0.1) is 0 Å². The van der Waals surface area contributed by atoms with Crippen LogP contribution in [0.4, 0.5) is 0 Å². The molecule has 0 spiro atoms. The van der Waals surface area contributed by atoms with Crippen molar-refractivity contribution >= 4 is 11.6 Å². The average molecular weight is 243 g/mol. The highest BCUT2D eigenvalue weighted by atomic mass is 35.5. The number of nitrogens with zero attached hydrogens (tertiary/aromatic N) is 1. The van der Waals surface area contributed by atoms with Gasteiger partial charge in [0.25, 0.3) is 0 Å². The Kier molecular flexibility index (Phi) is 6.38. The summed E-state index contributed by atoms with van der Waals surface area (Å²) in [6, 6.07) is 2.08. The van der Waals surface area contributed by atoms with Crippen molar-refractivity contribution in [3.63, 3.8) is 0 Å². The van der Waals surface area contributed by atoms with Crippen molar-refractivity contribution in [2.24, 2.45) is 0 Å². The molecule has 0 aromatic carbocycles. The first-order chi connectivity index (χ1) is 7.79. The minimum atomic E-state index is 0.145. The summed E-state index contributed by atoms with van der Waals surface area (Å²) in [6.07, 6.45) is 4.45. The van der Waals surface area contributed by atoms with Crippen LogP contribution >= 0.6 is 11.6 Å². The Balaban J connectivity index is 2.65. The number of rotatable bonds is 7. The molecule has 1 unspecified atom stereocenters. The van der Waals surface area contributed by atoms with E-state index in [2.05, 4.69) is 24.1 Å². The summed E-state index contributed by atoms with van der Waals surface area (Å²) in [4.78, 5) is 3.98. The maximum absolute atomic E-state index is 6.11. The average Bonchev–Trinajstić information content (AvgIpc) is 2.29. The van der Waals surface area contributed by atoms with Gasteiger partial charge in [-0.05, 0) is 24.6 Å². The van der Waals surface area contributed by atoms with Crippen LogP contribution in [0.1, 0.15) is 31.9 Å². The minimum absolute atomic E-state index is 0.145. The molecule has 1 heterocycles. The van der Waals surface area contributed by atoms with Crippen LogP contribution in [-0.2, 0) is 4.74 Å². The fourth-order valence-electron chi connectivity index (χ4n) is 1.52. The maximum Gasteiger partial charge on any atom is 0.0662 e. The molecule has 4 heteroatoms. The van der Waals surface area contributed by atoms with E-state index in [1.165, 1.54) is 0 Å². The van der Waals surface area contributed by atoms with Gasteiger partial charge in [0, 0.05) is 19.0 Å². The Morgan fingerprint density at radius 2 is 2.31 bits per heavy atom. The summed E-state index contributed by atoms with van der Waals surface area (Å²) < 4.78 is 5.57. The van der Waals surface area contributed by atoms with Crippen LogP contribution in [0.25, 0.3) is 0 Å². The van der Waals surface area contributed by atoms with Gasteiger partial charge in [0.1, 0.15) is 0 Å². The molecule has 0 amide bonds. The summed E-state index contributed by atoms with van der Waals surface area (Å²) in [5.74, 6) is 0. The molecule has 90 valence electrons. The van der Waals surface area contributed by atoms with Crippen molar-refractivity contribution in [3.05, 3.63) is 29.0 Å². The fourth-order valence-corrected chi connectivity index (χ4v) is 1.77. The normalized spacial score (nSPS) is 12.7. The number of hydrogen-bond acceptors (Lipinski definition) is 3. The Hall–Kier alpha value is -0.640. The van der Waals surface area contributed by atoms with E-state index in [9.17, 15) is 0 Å². The zero-order valence-corrected chi connectivity index (χ0v) is 10.6. The predicted octanol–water partition coefficient (Wildman–Crippen LogP) is 2.81. The molecule has 1 N–H and O–H groups in total. The van der Waals surface area contributed by atoms with Gasteiger partial charge in [-0.2, -0.15) is 0 Å². The third-order valence-electron chi connectivity index (χ3n) is 2.26. The lowest BCUT2D eigenvalue weighted by atomic mass is 10.1. The molecule has 0 aliphatic heterocycles. The summed E-state index contributed by atoms with van der Waals surface area (Å²) in [7, 11) is 0. The molecule has 0 saturated heterocycles. The van der Waals surface area contributed by atoms with Crippen LogP contribution in [0.2, 0.25) is 5.02 Å². The van der Waals surface area contributed by atoms with E-state index in [4.69, 9.17) is 16.3 Å². The van der Waals surface area contributed by atoms with Gasteiger partial charge in [0.15, 0.2) is 0 Å². The largest absolute Gasteiger partial charge is 0.379 e. The lowest BCUT2D eigenvalue weighted by Crippen LogP contribution is -2.25. The van der Waals surface area contributed by atoms with Crippen molar-refractivity contribution in [1.82, 2.24) is 10.3 Å². The number of likely N-dealkylation sites (N-methyl/N-ethyl adjacent to an activating group) is 1. The van der Waals surface area contributed by atoms with E-state index in [1.54, 1.807) is 12.4 Å². The van der Waals surface area contributed by atoms with Crippen molar-refractivity contribution < 1.29 is 4.74 Å². The first-order valence-electron chi connectivity index (χ1n) is 5.70. The number of aromatic nitrogens is 1. The number of ether oxygens (including phenoxy) is 1. The molecule has 0 radical (unpaired) electrons. The van der Waals surface area contributed by atoms with Crippen molar-refractivity contribution in [3.8, 4) is 0 Å². The molecule has 3 nitrogen and oxygen atoms in total. The molecule has 1 aromatic heterocycles. The molecule has 16 heavy (non-hydrogen) atoms. The number of nitrogens with one attached hydrogen (secondary N) is 1. The topological polar surface area (TPSA) is 34.1 Å². The highest BCUT2D eigenvalue weighted by Gasteiger charge is 2.13. The van der Waals surface area contributed by atoms with Crippen molar-refractivity contribution in [1.29, 1.82) is 0 Å². The SMILES string of the molecule is CCCOCC(NCC)c1ccncc1Cl. The molecular weight excluding hydrogens is 224 g/mol. The molecule has 0 saturated carbocycles. The summed E-state index contributed by atoms with van der Waals surface area (Å²) in [6.45, 7) is 6.48. The van der Waals surface area contributed by atoms with Gasteiger partial charge < -0.3 is 10.1 Å². The summed E-state index contributed by atoms with van der Waals surface area (Å²) in [5.41, 5.74) is 1.05. The number of pyridine rings is 1. The lowest BCUT2D eigenvalue weighted by molar-refractivity contribution is 0.112. The monoisotopic (exact) mass is 242 g/mol. The van der Waals surface area contributed by atoms with Crippen LogP contribution in [-0.4, -0.2) is 24.7 Å². The van der Waals surface area contributed by atoms with Crippen LogP contribution in [0.15, 0.2) is 18.5 Å². The Morgan fingerprint density at radius 3 is 2.94 bits per heavy atom. The Bertz CT molecular complexity index is 307. The van der Waals surface area contributed by atoms with Gasteiger partial charge in [-0.1, -0.05) is 25.4 Å². The minimum Gasteiger partial charge on any atom is -0.379 e. The first-order valence-corrected chi connectivity index (χ1v) is 6.07. The smallest absolute Gasteiger partial charge is 0.0662 e. The van der Waals surface area contributed by atoms with Crippen LogP contribution in [0.3, 0.4) is 0 Å². The molecular formula is C12H19ClN2O. The van der Waals surface area contributed by atoms with E-state index < -0.39 is 0 Å². The second-order valence-corrected chi connectivity index (χ2v) is 3.99. The van der Waals surface area contributed by atoms with Crippen LogP contribution in [0, 0.1) is 0 Å². The molecule has 1 aromatic rings.